The van der Waals surface area contributed by atoms with Crippen LogP contribution in [0.15, 0.2) is 48.5 Å². The number of ether oxygens (including phenoxy) is 1. The highest BCUT2D eigenvalue weighted by Crippen LogP contribution is 2.22. The van der Waals surface area contributed by atoms with Crippen LogP contribution in [0.5, 0.6) is 5.75 Å². The third kappa shape index (κ3) is 3.55. The van der Waals surface area contributed by atoms with E-state index in [-0.39, 0.29) is 12.4 Å². The van der Waals surface area contributed by atoms with Gasteiger partial charge in [-0.1, -0.05) is 30.3 Å². The molecule has 2 aromatic carbocycles. The van der Waals surface area contributed by atoms with Crippen LogP contribution in [0.1, 0.15) is 25.0 Å². The zero-order valence-corrected chi connectivity index (χ0v) is 11.2. The first-order chi connectivity index (χ1) is 8.97. The molecular weight excluding hydrogens is 241 g/mol. The molecule has 0 atom stereocenters. The molecule has 0 aliphatic rings. The van der Waals surface area contributed by atoms with Gasteiger partial charge in [0.2, 0.25) is 0 Å². The van der Waals surface area contributed by atoms with Crippen LogP contribution in [0.25, 0.3) is 0 Å². The number of benzene rings is 2. The Labute approximate surface area is 113 Å². The fourth-order valence-electron chi connectivity index (χ4n) is 1.76. The largest absolute Gasteiger partial charge is 0.489 e. The molecule has 0 unspecified atom stereocenters. The molecule has 0 aromatic heterocycles. The van der Waals surface area contributed by atoms with Gasteiger partial charge in [0.05, 0.1) is 0 Å². The highest BCUT2D eigenvalue weighted by molar-refractivity contribution is 5.32. The lowest BCUT2D eigenvalue weighted by Gasteiger charge is -2.20. The zero-order valence-electron chi connectivity index (χ0n) is 11.2. The summed E-state index contributed by atoms with van der Waals surface area (Å²) in [4.78, 5) is 0. The van der Waals surface area contributed by atoms with Crippen LogP contribution in [-0.2, 0) is 12.1 Å². The van der Waals surface area contributed by atoms with Crippen molar-refractivity contribution in [1.29, 1.82) is 0 Å². The van der Waals surface area contributed by atoms with Gasteiger partial charge in [-0.25, -0.2) is 4.39 Å². The van der Waals surface area contributed by atoms with E-state index >= 15 is 0 Å². The van der Waals surface area contributed by atoms with E-state index in [0.717, 1.165) is 5.56 Å². The van der Waals surface area contributed by atoms with Crippen molar-refractivity contribution in [3.8, 4) is 5.75 Å². The minimum Gasteiger partial charge on any atom is -0.489 e. The highest BCUT2D eigenvalue weighted by atomic mass is 19.1. The Hall–Kier alpha value is -1.87. The molecule has 0 fully saturated rings. The summed E-state index contributed by atoms with van der Waals surface area (Å²) in [6, 6.07) is 14.2. The van der Waals surface area contributed by atoms with Crippen molar-refractivity contribution in [3.63, 3.8) is 0 Å². The minimum atomic E-state index is -0.419. The Balaban J connectivity index is 2.10. The number of nitrogens with two attached hydrogens (primary N) is 1. The van der Waals surface area contributed by atoms with Gasteiger partial charge in [-0.2, -0.15) is 0 Å². The number of halogens is 1. The normalized spacial score (nSPS) is 11.4. The molecule has 0 saturated heterocycles. The van der Waals surface area contributed by atoms with E-state index in [9.17, 15) is 4.39 Å². The summed E-state index contributed by atoms with van der Waals surface area (Å²) in [5.41, 5.74) is 7.15. The van der Waals surface area contributed by atoms with Gasteiger partial charge in [0.1, 0.15) is 18.2 Å². The molecule has 3 heteroatoms. The van der Waals surface area contributed by atoms with Gasteiger partial charge in [0.25, 0.3) is 0 Å². The van der Waals surface area contributed by atoms with E-state index < -0.39 is 5.54 Å². The molecule has 2 nitrogen and oxygen atoms in total. The van der Waals surface area contributed by atoms with Gasteiger partial charge < -0.3 is 10.5 Å². The summed E-state index contributed by atoms with van der Waals surface area (Å²) in [7, 11) is 0. The van der Waals surface area contributed by atoms with E-state index in [4.69, 9.17) is 10.5 Å². The van der Waals surface area contributed by atoms with Gasteiger partial charge in [0, 0.05) is 11.1 Å². The SMILES string of the molecule is CC(C)(N)c1cccc(OCc2ccccc2F)c1. The third-order valence-corrected chi connectivity index (χ3v) is 2.93. The van der Waals surface area contributed by atoms with Gasteiger partial charge in [-0.05, 0) is 37.6 Å². The topological polar surface area (TPSA) is 35.2 Å². The Bertz CT molecular complexity index is 561. The molecule has 2 aromatic rings. The van der Waals surface area contributed by atoms with E-state index in [1.807, 2.05) is 38.1 Å². The molecule has 0 heterocycles. The Morgan fingerprint density at radius 2 is 1.84 bits per heavy atom. The predicted octanol–water partition coefficient (Wildman–Crippen LogP) is 3.60. The first-order valence-corrected chi connectivity index (χ1v) is 6.22. The summed E-state index contributed by atoms with van der Waals surface area (Å²) in [5.74, 6) is 0.442. The number of hydrogen-bond acceptors (Lipinski definition) is 2. The molecule has 0 radical (unpaired) electrons. The van der Waals surface area contributed by atoms with Gasteiger partial charge >= 0.3 is 0 Å². The van der Waals surface area contributed by atoms with Crippen molar-refractivity contribution in [2.75, 3.05) is 0 Å². The van der Waals surface area contributed by atoms with E-state index in [0.29, 0.717) is 11.3 Å². The lowest BCUT2D eigenvalue weighted by atomic mass is 9.96. The second-order valence-electron chi connectivity index (χ2n) is 5.13. The van der Waals surface area contributed by atoms with Crippen molar-refractivity contribution in [1.82, 2.24) is 0 Å². The lowest BCUT2D eigenvalue weighted by Crippen LogP contribution is -2.28. The van der Waals surface area contributed by atoms with Crippen LogP contribution < -0.4 is 10.5 Å². The highest BCUT2D eigenvalue weighted by Gasteiger charge is 2.14. The summed E-state index contributed by atoms with van der Waals surface area (Å²) in [6.45, 7) is 4.08. The molecule has 2 rings (SSSR count). The molecule has 19 heavy (non-hydrogen) atoms. The van der Waals surface area contributed by atoms with Crippen LogP contribution in [0.2, 0.25) is 0 Å². The van der Waals surface area contributed by atoms with Crippen LogP contribution in [0.3, 0.4) is 0 Å². The van der Waals surface area contributed by atoms with Crippen molar-refractivity contribution in [2.24, 2.45) is 5.73 Å². The maximum absolute atomic E-state index is 13.5. The number of hydrogen-bond donors (Lipinski definition) is 1. The van der Waals surface area contributed by atoms with Gasteiger partial charge in [-0.15, -0.1) is 0 Å². The second-order valence-corrected chi connectivity index (χ2v) is 5.13. The fraction of sp³-hybridized carbons (Fsp3) is 0.250. The van der Waals surface area contributed by atoms with Crippen molar-refractivity contribution < 1.29 is 9.13 Å². The smallest absolute Gasteiger partial charge is 0.129 e. The first kappa shape index (κ1) is 13.6. The zero-order chi connectivity index (χ0) is 13.9. The molecule has 0 aliphatic carbocycles. The summed E-state index contributed by atoms with van der Waals surface area (Å²) in [6.07, 6.45) is 0. The Morgan fingerprint density at radius 1 is 1.11 bits per heavy atom. The van der Waals surface area contributed by atoms with Crippen molar-refractivity contribution in [2.45, 2.75) is 26.0 Å². The van der Waals surface area contributed by atoms with Crippen LogP contribution in [0, 0.1) is 5.82 Å². The van der Waals surface area contributed by atoms with Crippen LogP contribution in [-0.4, -0.2) is 0 Å². The Morgan fingerprint density at radius 3 is 2.53 bits per heavy atom. The minimum absolute atomic E-state index is 0.209. The van der Waals surface area contributed by atoms with Gasteiger partial charge in [-0.3, -0.25) is 0 Å². The molecule has 0 spiro atoms. The summed E-state index contributed by atoms with van der Waals surface area (Å²) < 4.78 is 19.1. The van der Waals surface area contributed by atoms with Crippen LogP contribution >= 0.6 is 0 Å². The molecule has 0 aliphatic heterocycles. The van der Waals surface area contributed by atoms with Crippen molar-refractivity contribution >= 4 is 0 Å². The third-order valence-electron chi connectivity index (χ3n) is 2.93. The molecular formula is C16H18FNO. The lowest BCUT2D eigenvalue weighted by molar-refractivity contribution is 0.299. The van der Waals surface area contributed by atoms with Gasteiger partial charge in [0.15, 0.2) is 0 Å². The monoisotopic (exact) mass is 259 g/mol. The quantitative estimate of drug-likeness (QED) is 0.910. The van der Waals surface area contributed by atoms with Crippen LogP contribution in [0.4, 0.5) is 4.39 Å². The number of rotatable bonds is 4. The second kappa shape index (κ2) is 5.41. The van der Waals surface area contributed by atoms with E-state index in [1.165, 1.54) is 6.07 Å². The maximum Gasteiger partial charge on any atom is 0.129 e. The van der Waals surface area contributed by atoms with E-state index in [1.54, 1.807) is 18.2 Å². The standard InChI is InChI=1S/C16H18FNO/c1-16(2,18)13-7-5-8-14(10-13)19-11-12-6-3-4-9-15(12)17/h3-10H,11,18H2,1-2H3. The van der Waals surface area contributed by atoms with Crippen molar-refractivity contribution in [3.05, 3.63) is 65.5 Å². The first-order valence-electron chi connectivity index (χ1n) is 6.22. The van der Waals surface area contributed by atoms with E-state index in [2.05, 4.69) is 0 Å². The molecule has 0 amide bonds. The summed E-state index contributed by atoms with van der Waals surface area (Å²) >= 11 is 0. The average Bonchev–Trinajstić information content (AvgIpc) is 2.37. The molecule has 2 N–H and O–H groups in total. The summed E-state index contributed by atoms with van der Waals surface area (Å²) in [5, 5.41) is 0. The average molecular weight is 259 g/mol. The predicted molar refractivity (Wildman–Crippen MR) is 74.4 cm³/mol. The molecule has 100 valence electrons. The molecule has 0 saturated carbocycles. The molecule has 0 bridgehead atoms. The fourth-order valence-corrected chi connectivity index (χ4v) is 1.76. The Kier molecular flexibility index (Phi) is 3.86. The maximum atomic E-state index is 13.5.